The van der Waals surface area contributed by atoms with Crippen LogP contribution in [0.5, 0.6) is 0 Å². The molecule has 110 valence electrons. The van der Waals surface area contributed by atoms with Crippen molar-refractivity contribution in [2.45, 2.75) is 13.5 Å². The Bertz CT molecular complexity index is 680. The normalized spacial score (nSPS) is 10.4. The number of hydrogen-bond donors (Lipinski definition) is 1. The molecule has 0 unspecified atom stereocenters. The number of benzene rings is 1. The second-order valence-electron chi connectivity index (χ2n) is 4.50. The molecular formula is C15H15Cl2N3O. The van der Waals surface area contributed by atoms with Crippen LogP contribution in [0.2, 0.25) is 10.2 Å². The minimum atomic E-state index is -0.261. The van der Waals surface area contributed by atoms with Gasteiger partial charge in [0.15, 0.2) is 0 Å². The van der Waals surface area contributed by atoms with Crippen molar-refractivity contribution in [2.24, 2.45) is 0 Å². The summed E-state index contributed by atoms with van der Waals surface area (Å²) >= 11 is 12.4. The van der Waals surface area contributed by atoms with Crippen LogP contribution in [0.4, 0.5) is 0 Å². The first kappa shape index (κ1) is 15.6. The number of rotatable bonds is 5. The molecule has 1 heterocycles. The van der Waals surface area contributed by atoms with Crippen LogP contribution in [0, 0.1) is 6.92 Å². The van der Waals surface area contributed by atoms with E-state index in [1.807, 2.05) is 18.2 Å². The Labute approximate surface area is 133 Å². The van der Waals surface area contributed by atoms with Gasteiger partial charge in [-0.2, -0.15) is 5.10 Å². The number of nitrogens with zero attached hydrogens (tertiary/aromatic N) is 2. The summed E-state index contributed by atoms with van der Waals surface area (Å²) < 4.78 is 1.57. The average molecular weight is 324 g/mol. The highest BCUT2D eigenvalue weighted by Crippen LogP contribution is 2.23. The van der Waals surface area contributed by atoms with Gasteiger partial charge < -0.3 is 5.32 Å². The van der Waals surface area contributed by atoms with Gasteiger partial charge in [-0.15, -0.1) is 6.58 Å². The first-order chi connectivity index (χ1) is 10.0. The largest absolute Gasteiger partial charge is 0.348 e. The minimum Gasteiger partial charge on any atom is -0.348 e. The standard InChI is InChI=1S/C15H15Cl2N3O/c1-3-8-18-15(21)13-10(2)19-20(14(13)17)9-11-6-4-5-7-12(11)16/h3-7H,1,8-9H2,2H3,(H,18,21). The second kappa shape index (κ2) is 6.78. The van der Waals surface area contributed by atoms with E-state index in [1.54, 1.807) is 23.7 Å². The summed E-state index contributed by atoms with van der Waals surface area (Å²) in [5, 5.41) is 7.95. The molecule has 1 aromatic heterocycles. The average Bonchev–Trinajstić information content (AvgIpc) is 2.73. The third-order valence-electron chi connectivity index (χ3n) is 2.98. The molecule has 0 bridgehead atoms. The molecule has 1 N–H and O–H groups in total. The van der Waals surface area contributed by atoms with Crippen molar-refractivity contribution in [3.05, 3.63) is 63.9 Å². The Kier molecular flexibility index (Phi) is 5.04. The molecule has 0 spiro atoms. The predicted molar refractivity (Wildman–Crippen MR) is 85.1 cm³/mol. The molecule has 0 saturated heterocycles. The van der Waals surface area contributed by atoms with E-state index >= 15 is 0 Å². The Morgan fingerprint density at radius 3 is 2.81 bits per heavy atom. The highest BCUT2D eigenvalue weighted by molar-refractivity contribution is 6.33. The summed E-state index contributed by atoms with van der Waals surface area (Å²) in [5.41, 5.74) is 1.85. The van der Waals surface area contributed by atoms with Gasteiger partial charge in [0, 0.05) is 11.6 Å². The second-order valence-corrected chi connectivity index (χ2v) is 5.26. The molecule has 0 aliphatic heterocycles. The first-order valence-electron chi connectivity index (χ1n) is 6.40. The van der Waals surface area contributed by atoms with Crippen LogP contribution >= 0.6 is 23.2 Å². The third kappa shape index (κ3) is 3.46. The summed E-state index contributed by atoms with van der Waals surface area (Å²) in [6, 6.07) is 7.45. The van der Waals surface area contributed by atoms with Crippen LogP contribution < -0.4 is 5.32 Å². The highest BCUT2D eigenvalue weighted by atomic mass is 35.5. The van der Waals surface area contributed by atoms with Crippen molar-refractivity contribution >= 4 is 29.1 Å². The number of halogens is 2. The zero-order valence-corrected chi connectivity index (χ0v) is 13.1. The monoisotopic (exact) mass is 323 g/mol. The smallest absolute Gasteiger partial charge is 0.256 e. The van der Waals surface area contributed by atoms with Crippen molar-refractivity contribution in [3.8, 4) is 0 Å². The predicted octanol–water partition coefficient (Wildman–Crippen LogP) is 3.46. The van der Waals surface area contributed by atoms with Gasteiger partial charge in [0.25, 0.3) is 5.91 Å². The summed E-state index contributed by atoms with van der Waals surface area (Å²) in [5.74, 6) is -0.261. The molecule has 6 heteroatoms. The fourth-order valence-electron chi connectivity index (χ4n) is 1.96. The van der Waals surface area contributed by atoms with Gasteiger partial charge in [-0.1, -0.05) is 47.5 Å². The lowest BCUT2D eigenvalue weighted by molar-refractivity contribution is 0.0957. The number of carbonyl (C=O) groups is 1. The van der Waals surface area contributed by atoms with E-state index in [1.165, 1.54) is 0 Å². The van der Waals surface area contributed by atoms with E-state index in [-0.39, 0.29) is 5.91 Å². The van der Waals surface area contributed by atoms with Gasteiger partial charge in [0.1, 0.15) is 5.15 Å². The molecule has 2 aromatic rings. The molecule has 0 saturated carbocycles. The molecule has 0 aliphatic rings. The number of aryl methyl sites for hydroxylation is 1. The van der Waals surface area contributed by atoms with E-state index in [4.69, 9.17) is 23.2 Å². The van der Waals surface area contributed by atoms with Gasteiger partial charge in [-0.3, -0.25) is 4.79 Å². The van der Waals surface area contributed by atoms with Gasteiger partial charge in [-0.05, 0) is 18.6 Å². The number of carbonyl (C=O) groups excluding carboxylic acids is 1. The van der Waals surface area contributed by atoms with Crippen LogP contribution in [0.15, 0.2) is 36.9 Å². The number of nitrogens with one attached hydrogen (secondary N) is 1. The molecule has 1 aromatic carbocycles. The van der Waals surface area contributed by atoms with Gasteiger partial charge in [0.05, 0.1) is 17.8 Å². The van der Waals surface area contributed by atoms with Crippen molar-refractivity contribution in [2.75, 3.05) is 6.54 Å². The maximum atomic E-state index is 12.1. The van der Waals surface area contributed by atoms with E-state index in [0.29, 0.717) is 34.5 Å². The maximum absolute atomic E-state index is 12.1. The fourth-order valence-corrected chi connectivity index (χ4v) is 2.47. The number of hydrogen-bond acceptors (Lipinski definition) is 2. The topological polar surface area (TPSA) is 46.9 Å². The molecule has 4 nitrogen and oxygen atoms in total. The molecule has 0 aliphatic carbocycles. The summed E-state index contributed by atoms with van der Waals surface area (Å²) in [4.78, 5) is 12.1. The van der Waals surface area contributed by atoms with Crippen molar-refractivity contribution in [3.63, 3.8) is 0 Å². The Morgan fingerprint density at radius 1 is 1.43 bits per heavy atom. The lowest BCUT2D eigenvalue weighted by atomic mass is 10.2. The van der Waals surface area contributed by atoms with Crippen LogP contribution in [0.25, 0.3) is 0 Å². The number of aromatic nitrogens is 2. The molecule has 0 fully saturated rings. The minimum absolute atomic E-state index is 0.261. The zero-order chi connectivity index (χ0) is 15.4. The van der Waals surface area contributed by atoms with E-state index in [0.717, 1.165) is 5.56 Å². The van der Waals surface area contributed by atoms with Gasteiger partial charge in [-0.25, -0.2) is 4.68 Å². The zero-order valence-electron chi connectivity index (χ0n) is 11.6. The Hall–Kier alpha value is -1.78. The van der Waals surface area contributed by atoms with Crippen LogP contribution in [0.1, 0.15) is 21.6 Å². The Morgan fingerprint density at radius 2 is 2.14 bits per heavy atom. The highest BCUT2D eigenvalue weighted by Gasteiger charge is 2.20. The molecule has 2 rings (SSSR count). The summed E-state index contributed by atoms with van der Waals surface area (Å²) in [6.45, 7) is 6.10. The van der Waals surface area contributed by atoms with Crippen molar-refractivity contribution < 1.29 is 4.79 Å². The number of amides is 1. The van der Waals surface area contributed by atoms with Crippen molar-refractivity contribution in [1.82, 2.24) is 15.1 Å². The van der Waals surface area contributed by atoms with Crippen LogP contribution in [-0.2, 0) is 6.54 Å². The Balaban J connectivity index is 2.29. The lowest BCUT2D eigenvalue weighted by Crippen LogP contribution is -2.23. The third-order valence-corrected chi connectivity index (χ3v) is 3.73. The summed E-state index contributed by atoms with van der Waals surface area (Å²) in [7, 11) is 0. The molecule has 0 atom stereocenters. The first-order valence-corrected chi connectivity index (χ1v) is 7.15. The molecule has 0 radical (unpaired) electrons. The quantitative estimate of drug-likeness (QED) is 0.856. The molecule has 21 heavy (non-hydrogen) atoms. The maximum Gasteiger partial charge on any atom is 0.256 e. The van der Waals surface area contributed by atoms with E-state index < -0.39 is 0 Å². The van der Waals surface area contributed by atoms with Gasteiger partial charge >= 0.3 is 0 Å². The summed E-state index contributed by atoms with van der Waals surface area (Å²) in [6.07, 6.45) is 1.61. The molecule has 1 amide bonds. The van der Waals surface area contributed by atoms with Crippen LogP contribution in [0.3, 0.4) is 0 Å². The lowest BCUT2D eigenvalue weighted by Gasteiger charge is -2.06. The SMILES string of the molecule is C=CCNC(=O)c1c(C)nn(Cc2ccccc2Cl)c1Cl. The van der Waals surface area contributed by atoms with E-state index in [2.05, 4.69) is 17.0 Å². The van der Waals surface area contributed by atoms with E-state index in [9.17, 15) is 4.79 Å². The van der Waals surface area contributed by atoms with Crippen molar-refractivity contribution in [1.29, 1.82) is 0 Å². The van der Waals surface area contributed by atoms with Gasteiger partial charge in [0.2, 0.25) is 0 Å². The van der Waals surface area contributed by atoms with Crippen LogP contribution in [-0.4, -0.2) is 22.2 Å². The molecular weight excluding hydrogens is 309 g/mol. The fraction of sp³-hybridized carbons (Fsp3) is 0.200.